The summed E-state index contributed by atoms with van der Waals surface area (Å²) in [7, 11) is 0. The lowest BCUT2D eigenvalue weighted by Crippen LogP contribution is -1.96. The lowest BCUT2D eigenvalue weighted by atomic mass is 10.2. The van der Waals surface area contributed by atoms with Gasteiger partial charge in [-0.15, -0.1) is 11.3 Å². The molecule has 72 valence electrons. The Morgan fingerprint density at radius 3 is 3.21 bits per heavy atom. The molecule has 0 N–H and O–H groups in total. The first kappa shape index (κ1) is 9.58. The number of amides is 1. The van der Waals surface area contributed by atoms with Crippen molar-refractivity contribution in [1.29, 1.82) is 0 Å². The number of carbonyl (C=O) groups excluding carboxylic acids is 1. The third kappa shape index (κ3) is 1.77. The summed E-state index contributed by atoms with van der Waals surface area (Å²) in [6, 6.07) is 1.85. The first-order chi connectivity index (χ1) is 6.81. The van der Waals surface area contributed by atoms with Crippen molar-refractivity contribution in [3.63, 3.8) is 0 Å². The Kier molecular flexibility index (Phi) is 2.77. The number of aryl methyl sites for hydroxylation is 1. The van der Waals surface area contributed by atoms with Gasteiger partial charge in [-0.25, -0.2) is 0 Å². The molecular formula is C8H7N3OS2. The topological polar surface area (TPSA) is 65.8 Å². The lowest BCUT2D eigenvalue weighted by molar-refractivity contribution is 0.100. The molecule has 4 nitrogen and oxygen atoms in total. The molecule has 0 bridgehead atoms. The second-order valence-electron chi connectivity index (χ2n) is 2.86. The van der Waals surface area contributed by atoms with Crippen molar-refractivity contribution in [2.45, 2.75) is 12.2 Å². The maximum atomic E-state index is 11.2. The Morgan fingerprint density at radius 1 is 1.64 bits per heavy atom. The normalized spacial score (nSPS) is 14.3. The second-order valence-corrected chi connectivity index (χ2v) is 5.10. The van der Waals surface area contributed by atoms with Gasteiger partial charge in [0.2, 0.25) is 0 Å². The zero-order chi connectivity index (χ0) is 9.97. The Labute approximate surface area is 88.9 Å². The van der Waals surface area contributed by atoms with Gasteiger partial charge in [0, 0.05) is 15.5 Å². The molecule has 0 atom stereocenters. The van der Waals surface area contributed by atoms with E-state index in [9.17, 15) is 4.79 Å². The van der Waals surface area contributed by atoms with E-state index in [1.165, 1.54) is 21.8 Å². The number of hydrogen-bond acceptors (Lipinski definition) is 3. The van der Waals surface area contributed by atoms with Gasteiger partial charge in [-0.05, 0) is 34.4 Å². The van der Waals surface area contributed by atoms with E-state index in [0.717, 1.165) is 17.9 Å². The van der Waals surface area contributed by atoms with Crippen molar-refractivity contribution in [2.75, 3.05) is 5.75 Å². The standard InChI is InChI=1S/C8H7N3OS2/c9-11-10-8(12)7-3-5-4-13-2-1-6(5)14-7/h3H,1-2,4H2. The molecule has 14 heavy (non-hydrogen) atoms. The number of hydrogen-bond donors (Lipinski definition) is 0. The summed E-state index contributed by atoms with van der Waals surface area (Å²) >= 11 is 3.32. The van der Waals surface area contributed by atoms with Crippen molar-refractivity contribution >= 4 is 29.0 Å². The van der Waals surface area contributed by atoms with Gasteiger partial charge in [-0.2, -0.15) is 11.8 Å². The Bertz CT molecular complexity index is 397. The van der Waals surface area contributed by atoms with Crippen LogP contribution in [0.3, 0.4) is 0 Å². The summed E-state index contributed by atoms with van der Waals surface area (Å²) < 4.78 is 0. The van der Waals surface area contributed by atoms with E-state index in [-0.39, 0.29) is 0 Å². The van der Waals surface area contributed by atoms with Crippen molar-refractivity contribution in [3.05, 3.63) is 31.8 Å². The van der Waals surface area contributed by atoms with E-state index < -0.39 is 5.91 Å². The average Bonchev–Trinajstić information content (AvgIpc) is 2.61. The average molecular weight is 225 g/mol. The molecule has 6 heteroatoms. The molecule has 0 fully saturated rings. The van der Waals surface area contributed by atoms with Crippen LogP contribution in [0.4, 0.5) is 0 Å². The molecular weight excluding hydrogens is 218 g/mol. The fourth-order valence-corrected chi connectivity index (χ4v) is 3.59. The molecule has 1 aliphatic heterocycles. The fourth-order valence-electron chi connectivity index (χ4n) is 1.34. The van der Waals surface area contributed by atoms with Crippen LogP contribution in [0.15, 0.2) is 11.2 Å². The van der Waals surface area contributed by atoms with E-state index in [1.54, 1.807) is 0 Å². The summed E-state index contributed by atoms with van der Waals surface area (Å²) in [4.78, 5) is 15.6. The highest BCUT2D eigenvalue weighted by atomic mass is 32.2. The number of carbonyl (C=O) groups is 1. The van der Waals surface area contributed by atoms with Crippen molar-refractivity contribution in [3.8, 4) is 0 Å². The van der Waals surface area contributed by atoms with Crippen molar-refractivity contribution in [1.82, 2.24) is 0 Å². The molecule has 1 aromatic heterocycles. The van der Waals surface area contributed by atoms with Crippen molar-refractivity contribution < 1.29 is 4.79 Å². The number of fused-ring (bicyclic) bond motifs is 1. The Morgan fingerprint density at radius 2 is 2.50 bits per heavy atom. The van der Waals surface area contributed by atoms with Gasteiger partial charge >= 0.3 is 0 Å². The van der Waals surface area contributed by atoms with E-state index in [2.05, 4.69) is 10.0 Å². The van der Waals surface area contributed by atoms with Crippen LogP contribution >= 0.6 is 23.1 Å². The molecule has 1 amide bonds. The highest BCUT2D eigenvalue weighted by Crippen LogP contribution is 2.31. The fraction of sp³-hybridized carbons (Fsp3) is 0.375. The second kappa shape index (κ2) is 4.04. The maximum Gasteiger partial charge on any atom is 0.259 e. The van der Waals surface area contributed by atoms with E-state index in [4.69, 9.17) is 5.53 Å². The molecule has 1 aromatic rings. The summed E-state index contributed by atoms with van der Waals surface area (Å²) in [5, 5.41) is 3.08. The van der Waals surface area contributed by atoms with Crippen LogP contribution in [0, 0.1) is 0 Å². The van der Waals surface area contributed by atoms with Crippen LogP contribution < -0.4 is 0 Å². The summed E-state index contributed by atoms with van der Waals surface area (Å²) in [5.74, 6) is 1.62. The van der Waals surface area contributed by atoms with Gasteiger partial charge in [0.05, 0.1) is 4.88 Å². The van der Waals surface area contributed by atoms with Gasteiger partial charge in [-0.1, -0.05) is 0 Å². The third-order valence-electron chi connectivity index (χ3n) is 1.97. The molecule has 0 saturated carbocycles. The smallest absolute Gasteiger partial charge is 0.259 e. The first-order valence-corrected chi connectivity index (χ1v) is 6.07. The summed E-state index contributed by atoms with van der Waals surface area (Å²) in [6.07, 6.45) is 1.02. The molecule has 0 unspecified atom stereocenters. The van der Waals surface area contributed by atoms with Gasteiger partial charge in [-0.3, -0.25) is 4.79 Å². The highest BCUT2D eigenvalue weighted by Gasteiger charge is 2.16. The molecule has 0 saturated heterocycles. The zero-order valence-corrected chi connectivity index (χ0v) is 8.90. The van der Waals surface area contributed by atoms with E-state index >= 15 is 0 Å². The molecule has 2 heterocycles. The van der Waals surface area contributed by atoms with Gasteiger partial charge in [0.15, 0.2) is 0 Å². The largest absolute Gasteiger partial charge is 0.286 e. The SMILES string of the molecule is [N-]=[N+]=NC(=O)c1cc2c(s1)CCSC2. The third-order valence-corrected chi connectivity index (χ3v) is 4.21. The predicted molar refractivity (Wildman–Crippen MR) is 57.7 cm³/mol. The van der Waals surface area contributed by atoms with Gasteiger partial charge in [0.1, 0.15) is 0 Å². The minimum Gasteiger partial charge on any atom is -0.286 e. The minimum atomic E-state index is -0.461. The number of azide groups is 1. The van der Waals surface area contributed by atoms with Gasteiger partial charge < -0.3 is 0 Å². The molecule has 0 spiro atoms. The van der Waals surface area contributed by atoms with E-state index in [1.807, 2.05) is 17.8 Å². The molecule has 0 radical (unpaired) electrons. The molecule has 0 aromatic carbocycles. The first-order valence-electron chi connectivity index (χ1n) is 4.10. The summed E-state index contributed by atoms with van der Waals surface area (Å²) in [5.41, 5.74) is 9.36. The van der Waals surface area contributed by atoms with Gasteiger partial charge in [0.25, 0.3) is 5.91 Å². The van der Waals surface area contributed by atoms with Crippen LogP contribution in [-0.2, 0) is 12.2 Å². The quantitative estimate of drug-likeness (QED) is 0.419. The van der Waals surface area contributed by atoms with Crippen LogP contribution in [0.5, 0.6) is 0 Å². The monoisotopic (exact) mass is 225 g/mol. The summed E-state index contributed by atoms with van der Waals surface area (Å²) in [6.45, 7) is 0. The Balaban J connectivity index is 2.32. The molecule has 1 aliphatic rings. The minimum absolute atomic E-state index is 0.461. The Hall–Kier alpha value is -0.970. The van der Waals surface area contributed by atoms with Crippen molar-refractivity contribution in [2.24, 2.45) is 5.11 Å². The highest BCUT2D eigenvalue weighted by molar-refractivity contribution is 7.98. The number of thioether (sulfide) groups is 1. The van der Waals surface area contributed by atoms with Crippen LogP contribution in [0.25, 0.3) is 10.4 Å². The van der Waals surface area contributed by atoms with Crippen LogP contribution in [-0.4, -0.2) is 11.7 Å². The number of rotatable bonds is 1. The maximum absolute atomic E-state index is 11.2. The number of thiophene rings is 1. The molecule has 0 aliphatic carbocycles. The lowest BCUT2D eigenvalue weighted by Gasteiger charge is -2.08. The zero-order valence-electron chi connectivity index (χ0n) is 7.27. The predicted octanol–water partition coefficient (Wildman–Crippen LogP) is 2.99. The molecule has 2 rings (SSSR count). The number of nitrogens with zero attached hydrogens (tertiary/aromatic N) is 3. The van der Waals surface area contributed by atoms with Crippen LogP contribution in [0.2, 0.25) is 0 Å². The van der Waals surface area contributed by atoms with E-state index in [0.29, 0.717) is 4.88 Å². The van der Waals surface area contributed by atoms with Crippen LogP contribution in [0.1, 0.15) is 20.1 Å².